The van der Waals surface area contributed by atoms with Gasteiger partial charge in [-0.1, -0.05) is 18.2 Å². The van der Waals surface area contributed by atoms with Crippen LogP contribution in [0.4, 0.5) is 0 Å². The van der Waals surface area contributed by atoms with Gasteiger partial charge in [-0.05, 0) is 50.3 Å². The molecule has 0 saturated carbocycles. The zero-order valence-corrected chi connectivity index (χ0v) is 15.6. The molecule has 7 heteroatoms. The molecule has 7 nitrogen and oxygen atoms in total. The number of nitrogens with zero attached hydrogens (tertiary/aromatic N) is 1. The second kappa shape index (κ2) is 9.50. The maximum absolute atomic E-state index is 12.4. The summed E-state index contributed by atoms with van der Waals surface area (Å²) in [5.41, 5.74) is 0.546. The van der Waals surface area contributed by atoms with Crippen LogP contribution in [0.1, 0.15) is 36.0 Å². The van der Waals surface area contributed by atoms with E-state index in [-0.39, 0.29) is 36.2 Å². The third-order valence-corrected chi connectivity index (χ3v) is 5.25. The lowest BCUT2D eigenvalue weighted by molar-refractivity contribution is -0.131. The fourth-order valence-electron chi connectivity index (χ4n) is 3.69. The molecule has 2 fully saturated rings. The van der Waals surface area contributed by atoms with Crippen LogP contribution in [0.25, 0.3) is 0 Å². The number of hydrogen-bond donors (Lipinski definition) is 3. The number of hydrogen-bond acceptors (Lipinski definition) is 4. The summed E-state index contributed by atoms with van der Waals surface area (Å²) in [6, 6.07) is 8.80. The minimum atomic E-state index is -0.242. The van der Waals surface area contributed by atoms with Gasteiger partial charge in [0, 0.05) is 25.2 Å². The van der Waals surface area contributed by atoms with Crippen LogP contribution in [0.2, 0.25) is 0 Å². The zero-order chi connectivity index (χ0) is 19.1. The lowest BCUT2D eigenvalue weighted by Crippen LogP contribution is -2.48. The number of carbonyl (C=O) groups excluding carboxylic acids is 3. The van der Waals surface area contributed by atoms with Gasteiger partial charge >= 0.3 is 0 Å². The highest BCUT2D eigenvalue weighted by molar-refractivity contribution is 5.96. The Morgan fingerprint density at radius 1 is 1.07 bits per heavy atom. The molecular weight excluding hydrogens is 344 g/mol. The summed E-state index contributed by atoms with van der Waals surface area (Å²) in [5, 5.41) is 8.90. The van der Waals surface area contributed by atoms with Crippen molar-refractivity contribution in [3.63, 3.8) is 0 Å². The largest absolute Gasteiger partial charge is 0.354 e. The first-order valence-corrected chi connectivity index (χ1v) is 9.75. The molecule has 2 saturated heterocycles. The van der Waals surface area contributed by atoms with Crippen LogP contribution in [0.3, 0.4) is 0 Å². The van der Waals surface area contributed by atoms with Gasteiger partial charge in [0.1, 0.15) is 0 Å². The smallest absolute Gasteiger partial charge is 0.251 e. The number of rotatable bonds is 6. The molecule has 0 bridgehead atoms. The summed E-state index contributed by atoms with van der Waals surface area (Å²) in [4.78, 5) is 38.4. The number of piperidine rings is 1. The zero-order valence-electron chi connectivity index (χ0n) is 15.6. The Morgan fingerprint density at radius 3 is 2.63 bits per heavy atom. The first kappa shape index (κ1) is 19.4. The first-order valence-electron chi connectivity index (χ1n) is 9.75. The van der Waals surface area contributed by atoms with E-state index in [0.717, 1.165) is 32.2 Å². The van der Waals surface area contributed by atoms with E-state index in [2.05, 4.69) is 16.0 Å². The number of benzene rings is 1. The van der Waals surface area contributed by atoms with Crippen LogP contribution in [0.5, 0.6) is 0 Å². The minimum absolute atomic E-state index is 0.00119. The molecule has 0 aromatic heterocycles. The molecular formula is C20H28N4O3. The van der Waals surface area contributed by atoms with Gasteiger partial charge in [-0.25, -0.2) is 0 Å². The third-order valence-electron chi connectivity index (χ3n) is 5.25. The van der Waals surface area contributed by atoms with Crippen LogP contribution < -0.4 is 16.0 Å². The highest BCUT2D eigenvalue weighted by Crippen LogP contribution is 2.16. The van der Waals surface area contributed by atoms with Crippen molar-refractivity contribution in [2.45, 2.75) is 31.7 Å². The molecule has 2 heterocycles. The number of likely N-dealkylation sites (tertiary alicyclic amines) is 1. The third kappa shape index (κ3) is 5.53. The Labute approximate surface area is 159 Å². The molecule has 2 aliphatic heterocycles. The Bertz CT molecular complexity index is 658. The molecule has 3 N–H and O–H groups in total. The summed E-state index contributed by atoms with van der Waals surface area (Å²) in [7, 11) is 0. The summed E-state index contributed by atoms with van der Waals surface area (Å²) in [6.45, 7) is 2.82. The van der Waals surface area contributed by atoms with Crippen LogP contribution in [0, 0.1) is 5.92 Å². The number of carbonyl (C=O) groups is 3. The van der Waals surface area contributed by atoms with Gasteiger partial charge in [0.15, 0.2) is 0 Å². The Balaban J connectivity index is 1.41. The predicted octanol–water partition coefficient (Wildman–Crippen LogP) is 0.523. The van der Waals surface area contributed by atoms with E-state index in [0.29, 0.717) is 25.2 Å². The van der Waals surface area contributed by atoms with Crippen molar-refractivity contribution in [3.05, 3.63) is 35.9 Å². The second-order valence-electron chi connectivity index (χ2n) is 7.29. The Kier molecular flexibility index (Phi) is 6.81. The molecule has 0 aliphatic carbocycles. The summed E-state index contributed by atoms with van der Waals surface area (Å²) >= 11 is 0. The van der Waals surface area contributed by atoms with Gasteiger partial charge < -0.3 is 20.9 Å². The minimum Gasteiger partial charge on any atom is -0.354 e. The average Bonchev–Trinajstić information content (AvgIpc) is 3.26. The van der Waals surface area contributed by atoms with E-state index in [1.165, 1.54) is 0 Å². The molecule has 3 amide bonds. The van der Waals surface area contributed by atoms with Crippen molar-refractivity contribution in [1.82, 2.24) is 20.9 Å². The lowest BCUT2D eigenvalue weighted by atomic mass is 9.97. The van der Waals surface area contributed by atoms with E-state index in [1.54, 1.807) is 29.2 Å². The van der Waals surface area contributed by atoms with E-state index in [9.17, 15) is 14.4 Å². The Morgan fingerprint density at radius 2 is 1.89 bits per heavy atom. The number of nitrogens with one attached hydrogen (secondary N) is 3. The highest BCUT2D eigenvalue weighted by atomic mass is 16.2. The molecule has 1 aromatic rings. The normalized spacial score (nSPS) is 22.3. The molecule has 2 aliphatic rings. The van der Waals surface area contributed by atoms with Crippen molar-refractivity contribution >= 4 is 17.7 Å². The van der Waals surface area contributed by atoms with Crippen LogP contribution in [-0.2, 0) is 9.59 Å². The van der Waals surface area contributed by atoms with E-state index in [1.807, 2.05) is 6.07 Å². The molecule has 0 radical (unpaired) electrons. The van der Waals surface area contributed by atoms with Gasteiger partial charge in [-0.3, -0.25) is 14.4 Å². The average molecular weight is 372 g/mol. The predicted molar refractivity (Wildman–Crippen MR) is 102 cm³/mol. The SMILES string of the molecule is O=C(NCC(=O)N1CCCC(CNC(=O)C2CCCN2)C1)c1ccccc1. The maximum atomic E-state index is 12.4. The highest BCUT2D eigenvalue weighted by Gasteiger charge is 2.26. The van der Waals surface area contributed by atoms with Crippen molar-refractivity contribution in [2.24, 2.45) is 5.92 Å². The molecule has 3 rings (SSSR count). The van der Waals surface area contributed by atoms with Crippen molar-refractivity contribution < 1.29 is 14.4 Å². The van der Waals surface area contributed by atoms with Gasteiger partial charge in [-0.15, -0.1) is 0 Å². The van der Waals surface area contributed by atoms with Crippen LogP contribution in [-0.4, -0.2) is 61.4 Å². The quantitative estimate of drug-likeness (QED) is 0.679. The fourth-order valence-corrected chi connectivity index (χ4v) is 3.69. The summed E-state index contributed by atoms with van der Waals surface area (Å²) in [6.07, 6.45) is 3.85. The van der Waals surface area contributed by atoms with E-state index in [4.69, 9.17) is 0 Å². The van der Waals surface area contributed by atoms with Crippen LogP contribution >= 0.6 is 0 Å². The first-order chi connectivity index (χ1) is 13.1. The van der Waals surface area contributed by atoms with Crippen molar-refractivity contribution in [1.29, 1.82) is 0 Å². The van der Waals surface area contributed by atoms with Gasteiger partial charge in [0.2, 0.25) is 11.8 Å². The molecule has 2 atom stereocenters. The number of amides is 3. The standard InChI is InChI=1S/C20H28N4O3/c25-18(13-23-19(26)16-7-2-1-3-8-16)24-11-5-6-15(14-24)12-22-20(27)17-9-4-10-21-17/h1-3,7-8,15,17,21H,4-6,9-14H2,(H,22,27)(H,23,26). The Hall–Kier alpha value is -2.41. The van der Waals surface area contributed by atoms with Crippen molar-refractivity contribution in [2.75, 3.05) is 32.7 Å². The maximum Gasteiger partial charge on any atom is 0.251 e. The molecule has 1 aromatic carbocycles. The second-order valence-corrected chi connectivity index (χ2v) is 7.29. The van der Waals surface area contributed by atoms with Gasteiger partial charge in [-0.2, -0.15) is 0 Å². The van der Waals surface area contributed by atoms with Gasteiger partial charge in [0.25, 0.3) is 5.91 Å². The topological polar surface area (TPSA) is 90.5 Å². The van der Waals surface area contributed by atoms with Crippen molar-refractivity contribution in [3.8, 4) is 0 Å². The monoisotopic (exact) mass is 372 g/mol. The molecule has 146 valence electrons. The molecule has 27 heavy (non-hydrogen) atoms. The van der Waals surface area contributed by atoms with E-state index >= 15 is 0 Å². The fraction of sp³-hybridized carbons (Fsp3) is 0.550. The summed E-state index contributed by atoms with van der Waals surface area (Å²) in [5.74, 6) is 0.00514. The van der Waals surface area contributed by atoms with Crippen LogP contribution in [0.15, 0.2) is 30.3 Å². The summed E-state index contributed by atoms with van der Waals surface area (Å²) < 4.78 is 0. The lowest BCUT2D eigenvalue weighted by Gasteiger charge is -2.33. The van der Waals surface area contributed by atoms with E-state index < -0.39 is 0 Å². The van der Waals surface area contributed by atoms with Gasteiger partial charge in [0.05, 0.1) is 12.6 Å². The molecule has 0 spiro atoms. The molecule has 2 unspecified atom stereocenters.